The van der Waals surface area contributed by atoms with Crippen LogP contribution in [0.5, 0.6) is 0 Å². The molecule has 2 N–H and O–H groups in total. The maximum Gasteiger partial charge on any atom is 0.263 e. The molecule has 1 atom stereocenters. The number of thiophene rings is 1. The fourth-order valence-electron chi connectivity index (χ4n) is 4.87. The highest BCUT2D eigenvalue weighted by atomic mass is 32.1. The average molecular weight is 455 g/mol. The van der Waals surface area contributed by atoms with Gasteiger partial charge in [-0.05, 0) is 49.2 Å². The molecule has 0 bridgehead atoms. The Balaban J connectivity index is 1.53. The summed E-state index contributed by atoms with van der Waals surface area (Å²) in [5.41, 5.74) is 5.58. The summed E-state index contributed by atoms with van der Waals surface area (Å²) in [5.74, 6) is -0.128. The van der Waals surface area contributed by atoms with Crippen LogP contribution in [0.2, 0.25) is 0 Å². The lowest BCUT2D eigenvalue weighted by Crippen LogP contribution is -2.34. The number of nitrogens with zero attached hydrogens (tertiary/aromatic N) is 2. The van der Waals surface area contributed by atoms with Crippen LogP contribution < -0.4 is 15.5 Å². The molecular weight excluding hydrogens is 432 g/mol. The van der Waals surface area contributed by atoms with Gasteiger partial charge in [-0.1, -0.05) is 24.8 Å². The molecule has 0 aliphatic carbocycles. The molecule has 4 aromatic rings. The lowest BCUT2D eigenvalue weighted by atomic mass is 10.0. The fraction of sp³-hybridized carbons (Fsp3) is 0.192. The van der Waals surface area contributed by atoms with Crippen molar-refractivity contribution in [1.29, 1.82) is 0 Å². The highest BCUT2D eigenvalue weighted by molar-refractivity contribution is 7.21. The maximum absolute atomic E-state index is 12.7. The van der Waals surface area contributed by atoms with Gasteiger partial charge in [0, 0.05) is 40.2 Å². The Bertz CT molecular complexity index is 1490. The number of pyridine rings is 1. The van der Waals surface area contributed by atoms with E-state index in [1.54, 1.807) is 4.90 Å². The van der Waals surface area contributed by atoms with Crippen LogP contribution >= 0.6 is 11.3 Å². The lowest BCUT2D eigenvalue weighted by Gasteiger charge is -2.19. The van der Waals surface area contributed by atoms with E-state index in [1.165, 1.54) is 17.4 Å². The quantitative estimate of drug-likeness (QED) is 0.429. The predicted octanol–water partition coefficient (Wildman–Crippen LogP) is 4.74. The van der Waals surface area contributed by atoms with Gasteiger partial charge in [0.15, 0.2) is 0 Å². The van der Waals surface area contributed by atoms with Crippen LogP contribution in [0.25, 0.3) is 32.2 Å². The van der Waals surface area contributed by atoms with Crippen molar-refractivity contribution >= 4 is 55.5 Å². The van der Waals surface area contributed by atoms with E-state index in [2.05, 4.69) is 29.3 Å². The minimum Gasteiger partial charge on any atom is -0.381 e. The Labute approximate surface area is 194 Å². The van der Waals surface area contributed by atoms with E-state index in [9.17, 15) is 9.59 Å². The smallest absolute Gasteiger partial charge is 0.263 e. The number of nitrogens with one attached hydrogen (secondary N) is 2. The van der Waals surface area contributed by atoms with Crippen LogP contribution in [0.3, 0.4) is 0 Å². The Morgan fingerprint density at radius 1 is 1.24 bits per heavy atom. The van der Waals surface area contributed by atoms with E-state index in [-0.39, 0.29) is 17.9 Å². The number of rotatable bonds is 2. The van der Waals surface area contributed by atoms with Crippen molar-refractivity contribution in [2.24, 2.45) is 0 Å². The summed E-state index contributed by atoms with van der Waals surface area (Å²) in [6, 6.07) is 14.3. The third kappa shape index (κ3) is 3.03. The SMILES string of the molecule is C=CC(=O)N1CCc2cccc(-c3ccc4c(ccc5sc6c(c54)NC[C@@H](C)NC6=O)n3)c21. The van der Waals surface area contributed by atoms with Crippen LogP contribution in [-0.4, -0.2) is 35.9 Å². The molecule has 164 valence electrons. The molecule has 6 nitrogen and oxygen atoms in total. The monoisotopic (exact) mass is 454 g/mol. The number of hydrogen-bond acceptors (Lipinski definition) is 5. The summed E-state index contributed by atoms with van der Waals surface area (Å²) >= 11 is 1.51. The molecular formula is C26H22N4O2S. The van der Waals surface area contributed by atoms with Crippen molar-refractivity contribution in [2.75, 3.05) is 23.3 Å². The Hall–Kier alpha value is -3.71. The predicted molar refractivity (Wildman–Crippen MR) is 134 cm³/mol. The first-order valence-electron chi connectivity index (χ1n) is 11.0. The van der Waals surface area contributed by atoms with Crippen LogP contribution in [0.4, 0.5) is 11.4 Å². The van der Waals surface area contributed by atoms with Gasteiger partial charge in [-0.15, -0.1) is 11.3 Å². The number of carbonyl (C=O) groups excluding carboxylic acids is 2. The topological polar surface area (TPSA) is 74.3 Å². The molecule has 2 aliphatic heterocycles. The number of hydrogen-bond donors (Lipinski definition) is 2. The van der Waals surface area contributed by atoms with Crippen LogP contribution in [0, 0.1) is 0 Å². The highest BCUT2D eigenvalue weighted by Gasteiger charge is 2.28. The molecule has 2 amide bonds. The molecule has 0 unspecified atom stereocenters. The first kappa shape index (κ1) is 19.9. The molecule has 2 aromatic carbocycles. The normalized spacial score (nSPS) is 17.3. The number of aromatic nitrogens is 1. The summed E-state index contributed by atoms with van der Waals surface area (Å²) < 4.78 is 1.06. The Morgan fingerprint density at radius 2 is 2.12 bits per heavy atom. The van der Waals surface area contributed by atoms with Crippen molar-refractivity contribution < 1.29 is 9.59 Å². The fourth-order valence-corrected chi connectivity index (χ4v) is 5.97. The number of fused-ring (bicyclic) bond motifs is 6. The first-order chi connectivity index (χ1) is 16.0. The third-order valence-corrected chi connectivity index (χ3v) is 7.56. The molecule has 2 aromatic heterocycles. The van der Waals surface area contributed by atoms with Gasteiger partial charge in [-0.2, -0.15) is 0 Å². The van der Waals surface area contributed by atoms with Crippen molar-refractivity contribution in [2.45, 2.75) is 19.4 Å². The lowest BCUT2D eigenvalue weighted by molar-refractivity contribution is -0.114. The molecule has 7 heteroatoms. The summed E-state index contributed by atoms with van der Waals surface area (Å²) in [6.07, 6.45) is 2.19. The van der Waals surface area contributed by atoms with Gasteiger partial charge in [-0.25, -0.2) is 4.98 Å². The number of para-hydroxylation sites is 1. The van der Waals surface area contributed by atoms with Gasteiger partial charge in [-0.3, -0.25) is 9.59 Å². The number of benzene rings is 2. The zero-order chi connectivity index (χ0) is 22.7. The zero-order valence-corrected chi connectivity index (χ0v) is 19.0. The van der Waals surface area contributed by atoms with Gasteiger partial charge in [0.2, 0.25) is 5.91 Å². The summed E-state index contributed by atoms with van der Waals surface area (Å²) in [5, 5.41) is 8.55. The van der Waals surface area contributed by atoms with E-state index in [0.29, 0.717) is 18.0 Å². The maximum atomic E-state index is 12.7. The van der Waals surface area contributed by atoms with Gasteiger partial charge < -0.3 is 15.5 Å². The average Bonchev–Trinajstić information content (AvgIpc) is 3.40. The van der Waals surface area contributed by atoms with Crippen molar-refractivity contribution in [1.82, 2.24) is 10.3 Å². The van der Waals surface area contributed by atoms with Crippen LogP contribution in [0.1, 0.15) is 22.2 Å². The first-order valence-corrected chi connectivity index (χ1v) is 11.8. The number of carbonyl (C=O) groups is 2. The highest BCUT2D eigenvalue weighted by Crippen LogP contribution is 2.42. The van der Waals surface area contributed by atoms with Crippen molar-refractivity contribution in [3.05, 3.63) is 65.6 Å². The Morgan fingerprint density at radius 3 is 2.97 bits per heavy atom. The molecule has 0 fully saturated rings. The van der Waals surface area contributed by atoms with Crippen LogP contribution in [0.15, 0.2) is 55.1 Å². The molecule has 0 saturated carbocycles. The summed E-state index contributed by atoms with van der Waals surface area (Å²) in [7, 11) is 0. The largest absolute Gasteiger partial charge is 0.381 e. The molecule has 0 saturated heterocycles. The Kier molecular flexibility index (Phi) is 4.48. The number of amides is 2. The van der Waals surface area contributed by atoms with E-state index < -0.39 is 0 Å². The van der Waals surface area contributed by atoms with Crippen molar-refractivity contribution in [3.8, 4) is 11.3 Å². The second-order valence-electron chi connectivity index (χ2n) is 8.52. The zero-order valence-electron chi connectivity index (χ0n) is 18.1. The molecule has 0 radical (unpaired) electrons. The minimum atomic E-state index is -0.0942. The van der Waals surface area contributed by atoms with E-state index in [1.807, 2.05) is 37.3 Å². The van der Waals surface area contributed by atoms with E-state index in [0.717, 1.165) is 55.6 Å². The molecule has 4 heterocycles. The molecule has 0 spiro atoms. The second kappa shape index (κ2) is 7.42. The molecule has 2 aliphatic rings. The van der Waals surface area contributed by atoms with Gasteiger partial charge in [0.05, 0.1) is 22.6 Å². The molecule has 33 heavy (non-hydrogen) atoms. The summed E-state index contributed by atoms with van der Waals surface area (Å²) in [4.78, 5) is 32.6. The van der Waals surface area contributed by atoms with Crippen molar-refractivity contribution in [3.63, 3.8) is 0 Å². The minimum absolute atomic E-state index is 0.0340. The second-order valence-corrected chi connectivity index (χ2v) is 9.57. The van der Waals surface area contributed by atoms with E-state index >= 15 is 0 Å². The van der Waals surface area contributed by atoms with Gasteiger partial charge in [0.1, 0.15) is 4.88 Å². The standard InChI is InChI=1S/C26H22N4O2S/c1-3-21(31)30-12-11-15-5-4-6-17(24(15)30)19-8-7-16-18(29-19)9-10-20-22(16)23-25(33-20)26(32)28-14(2)13-27-23/h3-10,14,27H,1,11-13H2,2H3,(H,28,32)/t14-/m1/s1. The van der Waals surface area contributed by atoms with Crippen LogP contribution in [-0.2, 0) is 11.2 Å². The number of anilines is 2. The third-order valence-electron chi connectivity index (χ3n) is 6.40. The van der Waals surface area contributed by atoms with Gasteiger partial charge in [0.25, 0.3) is 5.91 Å². The molecule has 6 rings (SSSR count). The van der Waals surface area contributed by atoms with Gasteiger partial charge >= 0.3 is 0 Å². The summed E-state index contributed by atoms with van der Waals surface area (Å²) in [6.45, 7) is 6.98. The van der Waals surface area contributed by atoms with E-state index in [4.69, 9.17) is 4.98 Å².